The van der Waals surface area contributed by atoms with Crippen LogP contribution in [0.2, 0.25) is 0 Å². The number of furan rings is 1. The maximum Gasteiger partial charge on any atom is 0.419 e. The van der Waals surface area contributed by atoms with E-state index in [1.54, 1.807) is 10.8 Å². The number of thiophene rings is 1. The summed E-state index contributed by atoms with van der Waals surface area (Å²) in [6.45, 7) is 5.25. The molecule has 3 heterocycles. The van der Waals surface area contributed by atoms with Gasteiger partial charge in [0, 0.05) is 29.4 Å². The third kappa shape index (κ3) is 4.23. The lowest BCUT2D eigenvalue weighted by Crippen LogP contribution is -2.25. The van der Waals surface area contributed by atoms with Gasteiger partial charge in [-0.15, -0.1) is 11.3 Å². The molecule has 140 valence electrons. The average Bonchev–Trinajstić information content (AvgIpc) is 3.37. The quantitative estimate of drug-likeness (QED) is 0.445. The van der Waals surface area contributed by atoms with Crippen LogP contribution in [0.3, 0.4) is 0 Å². The van der Waals surface area contributed by atoms with Gasteiger partial charge in [0.2, 0.25) is 0 Å². The van der Waals surface area contributed by atoms with Crippen molar-refractivity contribution in [3.63, 3.8) is 0 Å². The van der Waals surface area contributed by atoms with Crippen LogP contribution >= 0.6 is 11.3 Å². The first-order chi connectivity index (χ1) is 13.2. The van der Waals surface area contributed by atoms with Gasteiger partial charge in [-0.05, 0) is 49.7 Å². The lowest BCUT2D eigenvalue weighted by molar-refractivity contribution is 0.230. The Kier molecular flexibility index (Phi) is 5.27. The highest BCUT2D eigenvalue weighted by Gasteiger charge is 2.12. The topological polar surface area (TPSA) is 51.5 Å². The van der Waals surface area contributed by atoms with Crippen LogP contribution in [0.15, 0.2) is 68.4 Å². The number of para-hydroxylation sites is 2. The Labute approximate surface area is 161 Å². The Hall–Kier alpha value is -2.57. The monoisotopic (exact) mass is 382 g/mol. The smallest absolute Gasteiger partial charge is 0.419 e. The molecule has 0 atom stereocenters. The number of aromatic nitrogens is 1. The SMILES string of the molecule is Cc1ccc(CN(CCCn2c(=O)oc3ccccc32)Cc2ccco2)s1. The third-order valence-corrected chi connectivity index (χ3v) is 5.55. The van der Waals surface area contributed by atoms with Gasteiger partial charge < -0.3 is 8.83 Å². The molecule has 3 aromatic heterocycles. The second-order valence-electron chi connectivity index (χ2n) is 6.64. The molecule has 0 amide bonds. The number of hydrogen-bond donors (Lipinski definition) is 0. The summed E-state index contributed by atoms with van der Waals surface area (Å²) in [5, 5.41) is 0. The van der Waals surface area contributed by atoms with E-state index < -0.39 is 0 Å². The van der Waals surface area contributed by atoms with Crippen LogP contribution in [0, 0.1) is 6.92 Å². The maximum atomic E-state index is 12.1. The molecular formula is C21H22N2O3S. The van der Waals surface area contributed by atoms with Gasteiger partial charge in [0.1, 0.15) is 5.76 Å². The number of rotatable bonds is 8. The predicted octanol–water partition coefficient (Wildman–Crippen LogP) is 4.65. The van der Waals surface area contributed by atoms with Crippen LogP contribution in [0.4, 0.5) is 0 Å². The van der Waals surface area contributed by atoms with E-state index in [1.807, 2.05) is 47.7 Å². The minimum absolute atomic E-state index is 0.289. The van der Waals surface area contributed by atoms with E-state index in [2.05, 4.69) is 24.0 Å². The Bertz CT molecular complexity index is 1060. The third-order valence-electron chi connectivity index (χ3n) is 4.56. The van der Waals surface area contributed by atoms with Crippen molar-refractivity contribution in [1.82, 2.24) is 9.47 Å². The maximum absolute atomic E-state index is 12.1. The van der Waals surface area contributed by atoms with E-state index in [4.69, 9.17) is 8.83 Å². The first-order valence-electron chi connectivity index (χ1n) is 9.07. The normalized spacial score (nSPS) is 11.6. The van der Waals surface area contributed by atoms with Gasteiger partial charge in [-0.2, -0.15) is 0 Å². The zero-order valence-corrected chi connectivity index (χ0v) is 16.1. The molecule has 0 unspecified atom stereocenters. The lowest BCUT2D eigenvalue weighted by Gasteiger charge is -2.20. The molecule has 0 bridgehead atoms. The second-order valence-corrected chi connectivity index (χ2v) is 8.02. The molecule has 0 spiro atoms. The summed E-state index contributed by atoms with van der Waals surface area (Å²) in [5.74, 6) is 0.664. The zero-order valence-electron chi connectivity index (χ0n) is 15.3. The van der Waals surface area contributed by atoms with Crippen LogP contribution in [0.1, 0.15) is 21.9 Å². The fraction of sp³-hybridized carbons (Fsp3) is 0.286. The van der Waals surface area contributed by atoms with Crippen LogP contribution in [0.5, 0.6) is 0 Å². The molecule has 5 nitrogen and oxygen atoms in total. The Morgan fingerprint density at radius 3 is 2.74 bits per heavy atom. The van der Waals surface area contributed by atoms with Gasteiger partial charge in [0.15, 0.2) is 5.58 Å². The van der Waals surface area contributed by atoms with Crippen molar-refractivity contribution in [3.8, 4) is 0 Å². The van der Waals surface area contributed by atoms with Gasteiger partial charge in [0.05, 0.1) is 18.3 Å². The number of oxazole rings is 1. The van der Waals surface area contributed by atoms with Crippen LogP contribution in [0.25, 0.3) is 11.1 Å². The molecule has 0 aliphatic heterocycles. The summed E-state index contributed by atoms with van der Waals surface area (Å²) in [6.07, 6.45) is 2.56. The summed E-state index contributed by atoms with van der Waals surface area (Å²) in [6, 6.07) is 15.8. The summed E-state index contributed by atoms with van der Waals surface area (Å²) >= 11 is 1.82. The molecule has 0 N–H and O–H groups in total. The Morgan fingerprint density at radius 2 is 1.96 bits per heavy atom. The van der Waals surface area contributed by atoms with Crippen molar-refractivity contribution in [2.75, 3.05) is 6.54 Å². The fourth-order valence-electron chi connectivity index (χ4n) is 3.31. The second kappa shape index (κ2) is 7.98. The fourth-order valence-corrected chi connectivity index (χ4v) is 4.24. The zero-order chi connectivity index (χ0) is 18.6. The first kappa shape index (κ1) is 17.8. The summed E-state index contributed by atoms with van der Waals surface area (Å²) < 4.78 is 12.6. The molecule has 0 aliphatic rings. The van der Waals surface area contributed by atoms with Gasteiger partial charge >= 0.3 is 5.76 Å². The molecule has 1 aromatic carbocycles. The van der Waals surface area contributed by atoms with Crippen molar-refractivity contribution >= 4 is 22.4 Å². The van der Waals surface area contributed by atoms with Crippen LogP contribution < -0.4 is 5.76 Å². The van der Waals surface area contributed by atoms with E-state index in [0.717, 1.165) is 37.3 Å². The molecular weight excluding hydrogens is 360 g/mol. The molecule has 0 aliphatic carbocycles. The number of fused-ring (bicyclic) bond motifs is 1. The number of hydrogen-bond acceptors (Lipinski definition) is 5. The Morgan fingerprint density at radius 1 is 1.07 bits per heavy atom. The number of nitrogens with zero attached hydrogens (tertiary/aromatic N) is 2. The molecule has 0 saturated carbocycles. The molecule has 6 heteroatoms. The highest BCUT2D eigenvalue weighted by molar-refractivity contribution is 7.11. The summed E-state index contributed by atoms with van der Waals surface area (Å²) in [5.41, 5.74) is 1.50. The standard InChI is InChI=1S/C21H22N2O3S/c1-16-9-10-18(27-16)15-22(14-17-6-4-13-25-17)11-5-12-23-19-7-2-3-8-20(19)26-21(23)24/h2-4,6-10,13H,5,11-12,14-15H2,1H3. The number of aryl methyl sites for hydroxylation is 2. The molecule has 4 rings (SSSR count). The predicted molar refractivity (Wildman–Crippen MR) is 107 cm³/mol. The first-order valence-corrected chi connectivity index (χ1v) is 9.89. The summed E-state index contributed by atoms with van der Waals surface area (Å²) in [7, 11) is 0. The number of benzene rings is 1. The van der Waals surface area contributed by atoms with E-state index in [-0.39, 0.29) is 5.76 Å². The van der Waals surface area contributed by atoms with Crippen LogP contribution in [-0.4, -0.2) is 16.0 Å². The lowest BCUT2D eigenvalue weighted by atomic mass is 10.3. The largest absolute Gasteiger partial charge is 0.468 e. The highest BCUT2D eigenvalue weighted by Crippen LogP contribution is 2.19. The van der Waals surface area contributed by atoms with Gasteiger partial charge in [-0.1, -0.05) is 12.1 Å². The average molecular weight is 382 g/mol. The molecule has 27 heavy (non-hydrogen) atoms. The molecule has 0 saturated heterocycles. The Balaban J connectivity index is 1.44. The van der Waals surface area contributed by atoms with Crippen molar-refractivity contribution < 1.29 is 8.83 Å². The molecule has 0 fully saturated rings. The minimum Gasteiger partial charge on any atom is -0.468 e. The van der Waals surface area contributed by atoms with Crippen molar-refractivity contribution in [1.29, 1.82) is 0 Å². The summed E-state index contributed by atoms with van der Waals surface area (Å²) in [4.78, 5) is 17.1. The minimum atomic E-state index is -0.289. The van der Waals surface area contributed by atoms with E-state index in [0.29, 0.717) is 12.1 Å². The van der Waals surface area contributed by atoms with E-state index in [1.165, 1.54) is 9.75 Å². The van der Waals surface area contributed by atoms with E-state index >= 15 is 0 Å². The van der Waals surface area contributed by atoms with Crippen molar-refractivity contribution in [3.05, 3.63) is 80.9 Å². The highest BCUT2D eigenvalue weighted by atomic mass is 32.1. The molecule has 0 radical (unpaired) electrons. The van der Waals surface area contributed by atoms with Crippen LogP contribution in [-0.2, 0) is 19.6 Å². The van der Waals surface area contributed by atoms with E-state index in [9.17, 15) is 4.79 Å². The van der Waals surface area contributed by atoms with Crippen molar-refractivity contribution in [2.45, 2.75) is 33.0 Å². The van der Waals surface area contributed by atoms with Crippen molar-refractivity contribution in [2.24, 2.45) is 0 Å². The molecule has 4 aromatic rings. The van der Waals surface area contributed by atoms with Gasteiger partial charge in [0.25, 0.3) is 0 Å². The van der Waals surface area contributed by atoms with Gasteiger partial charge in [-0.25, -0.2) is 4.79 Å². The van der Waals surface area contributed by atoms with Gasteiger partial charge in [-0.3, -0.25) is 9.47 Å².